The SMILES string of the molecule is COc1c[c-]c(C)cc1.[Br-].[Mg+2]. The number of rotatable bonds is 1. The van der Waals surface area contributed by atoms with Gasteiger partial charge in [-0.25, -0.2) is 0 Å². The Labute approximate surface area is 94.1 Å². The Kier molecular flexibility index (Phi) is 8.73. The zero-order chi connectivity index (χ0) is 6.69. The summed E-state index contributed by atoms with van der Waals surface area (Å²) < 4.78 is 4.94. The normalized spacial score (nSPS) is 7.45. The Balaban J connectivity index is 0. The number of hydrogen-bond acceptors (Lipinski definition) is 1. The topological polar surface area (TPSA) is 9.23 Å². The van der Waals surface area contributed by atoms with Crippen LogP contribution in [0.1, 0.15) is 5.56 Å². The van der Waals surface area contributed by atoms with Crippen LogP contribution in [0.25, 0.3) is 0 Å². The van der Waals surface area contributed by atoms with E-state index in [1.54, 1.807) is 7.11 Å². The summed E-state index contributed by atoms with van der Waals surface area (Å²) in [6, 6.07) is 8.75. The summed E-state index contributed by atoms with van der Waals surface area (Å²) in [7, 11) is 1.65. The number of methoxy groups -OCH3 is 1. The summed E-state index contributed by atoms with van der Waals surface area (Å²) in [6.45, 7) is 2.00. The molecule has 0 bridgehead atoms. The number of hydrogen-bond donors (Lipinski definition) is 0. The van der Waals surface area contributed by atoms with Crippen LogP contribution < -0.4 is 21.7 Å². The first-order valence-electron chi connectivity index (χ1n) is 2.85. The van der Waals surface area contributed by atoms with E-state index in [-0.39, 0.29) is 40.0 Å². The molecular formula is C8H9BrMgO. The molecule has 0 heterocycles. The van der Waals surface area contributed by atoms with Gasteiger partial charge < -0.3 is 21.7 Å². The molecule has 0 radical (unpaired) electrons. The molecular weight excluding hydrogens is 216 g/mol. The van der Waals surface area contributed by atoms with E-state index in [4.69, 9.17) is 4.74 Å². The van der Waals surface area contributed by atoms with Gasteiger partial charge in [0, 0.05) is 5.75 Å². The van der Waals surface area contributed by atoms with Crippen molar-refractivity contribution in [3.63, 3.8) is 0 Å². The van der Waals surface area contributed by atoms with Crippen LogP contribution in [0.2, 0.25) is 0 Å². The molecule has 1 aromatic rings. The Hall–Kier alpha value is 0.266. The second-order valence-electron chi connectivity index (χ2n) is 1.91. The van der Waals surface area contributed by atoms with Crippen LogP contribution in [0.3, 0.4) is 0 Å². The monoisotopic (exact) mass is 224 g/mol. The van der Waals surface area contributed by atoms with Gasteiger partial charge >= 0.3 is 23.1 Å². The molecule has 0 saturated heterocycles. The quantitative estimate of drug-likeness (QED) is 0.414. The predicted octanol–water partition coefficient (Wildman–Crippen LogP) is -1.57. The first-order chi connectivity index (χ1) is 4.33. The van der Waals surface area contributed by atoms with Crippen molar-refractivity contribution in [1.82, 2.24) is 0 Å². The van der Waals surface area contributed by atoms with Crippen LogP contribution in [0, 0.1) is 13.0 Å². The van der Waals surface area contributed by atoms with Gasteiger partial charge in [-0.3, -0.25) is 0 Å². The summed E-state index contributed by atoms with van der Waals surface area (Å²) in [5.74, 6) is 0.862. The fourth-order valence-electron chi connectivity index (χ4n) is 0.615. The van der Waals surface area contributed by atoms with E-state index in [0.717, 1.165) is 11.3 Å². The van der Waals surface area contributed by atoms with Gasteiger partial charge in [0.15, 0.2) is 0 Å². The molecule has 0 aliphatic heterocycles. The molecule has 3 heteroatoms. The Bertz CT molecular complexity index is 186. The van der Waals surface area contributed by atoms with Crippen molar-refractivity contribution in [2.45, 2.75) is 6.92 Å². The Morgan fingerprint density at radius 1 is 1.36 bits per heavy atom. The van der Waals surface area contributed by atoms with Crippen LogP contribution >= 0.6 is 0 Å². The van der Waals surface area contributed by atoms with E-state index in [2.05, 4.69) is 6.07 Å². The van der Waals surface area contributed by atoms with E-state index in [9.17, 15) is 0 Å². The maximum absolute atomic E-state index is 4.94. The average Bonchev–Trinajstić information content (AvgIpc) is 1.90. The summed E-state index contributed by atoms with van der Waals surface area (Å²) in [6.07, 6.45) is 0. The minimum Gasteiger partial charge on any atom is -1.00 e. The molecule has 1 aromatic carbocycles. The standard InChI is InChI=1S/C8H9O.BrH.Mg/c1-7-3-5-8(9-2)6-4-7;;/h3,5-6H,1-2H3;1H;/q-1;;+2/p-1. The molecule has 0 aliphatic rings. The second-order valence-corrected chi connectivity index (χ2v) is 1.91. The van der Waals surface area contributed by atoms with Crippen molar-refractivity contribution in [1.29, 1.82) is 0 Å². The first kappa shape index (κ1) is 13.8. The maximum atomic E-state index is 4.94. The van der Waals surface area contributed by atoms with Gasteiger partial charge in [-0.05, 0) is 0 Å². The van der Waals surface area contributed by atoms with Crippen LogP contribution in [-0.2, 0) is 0 Å². The van der Waals surface area contributed by atoms with E-state index >= 15 is 0 Å². The molecule has 1 nitrogen and oxygen atoms in total. The molecule has 0 unspecified atom stereocenters. The smallest absolute Gasteiger partial charge is 1.00 e. The number of aryl methyl sites for hydroxylation is 1. The van der Waals surface area contributed by atoms with Crippen molar-refractivity contribution in [2.24, 2.45) is 0 Å². The van der Waals surface area contributed by atoms with Gasteiger partial charge in [0.25, 0.3) is 0 Å². The molecule has 11 heavy (non-hydrogen) atoms. The molecule has 1 rings (SSSR count). The second kappa shape index (κ2) is 6.94. The summed E-state index contributed by atoms with van der Waals surface area (Å²) in [5, 5.41) is 0. The third-order valence-electron chi connectivity index (χ3n) is 1.18. The van der Waals surface area contributed by atoms with Crippen molar-refractivity contribution in [3.8, 4) is 5.75 Å². The third kappa shape index (κ3) is 4.66. The van der Waals surface area contributed by atoms with Gasteiger partial charge in [-0.1, -0.05) is 6.92 Å². The average molecular weight is 225 g/mol. The fraction of sp³-hybridized carbons (Fsp3) is 0.250. The Morgan fingerprint density at radius 3 is 2.36 bits per heavy atom. The molecule has 0 aliphatic carbocycles. The van der Waals surface area contributed by atoms with Crippen molar-refractivity contribution >= 4 is 23.1 Å². The Morgan fingerprint density at radius 2 is 2.00 bits per heavy atom. The maximum Gasteiger partial charge on any atom is 2.00 e. The van der Waals surface area contributed by atoms with Crippen molar-refractivity contribution in [2.75, 3.05) is 7.11 Å². The minimum absolute atomic E-state index is 0. The number of benzene rings is 1. The van der Waals surface area contributed by atoms with Crippen LogP contribution in [0.4, 0.5) is 0 Å². The van der Waals surface area contributed by atoms with Gasteiger partial charge in [0.05, 0.1) is 7.11 Å². The zero-order valence-corrected chi connectivity index (χ0v) is 9.73. The van der Waals surface area contributed by atoms with Crippen molar-refractivity contribution < 1.29 is 21.7 Å². The molecule has 0 aromatic heterocycles. The molecule has 0 saturated carbocycles. The van der Waals surface area contributed by atoms with Gasteiger partial charge in [0.2, 0.25) is 0 Å². The first-order valence-corrected chi connectivity index (χ1v) is 2.85. The number of ether oxygens (including phenoxy) is 1. The van der Waals surface area contributed by atoms with E-state index < -0.39 is 0 Å². The minimum atomic E-state index is 0. The largest absolute Gasteiger partial charge is 2.00 e. The fourth-order valence-corrected chi connectivity index (χ4v) is 0.615. The molecule has 56 valence electrons. The van der Waals surface area contributed by atoms with Crippen LogP contribution in [-0.4, -0.2) is 30.2 Å². The van der Waals surface area contributed by atoms with Gasteiger partial charge in [-0.15, -0.1) is 12.1 Å². The number of halogens is 1. The van der Waals surface area contributed by atoms with E-state index in [0.29, 0.717) is 0 Å². The van der Waals surface area contributed by atoms with Crippen LogP contribution in [0.5, 0.6) is 5.75 Å². The summed E-state index contributed by atoms with van der Waals surface area (Å²) in [4.78, 5) is 0. The summed E-state index contributed by atoms with van der Waals surface area (Å²) in [5.41, 5.74) is 1.14. The molecule has 0 N–H and O–H groups in total. The van der Waals surface area contributed by atoms with Gasteiger partial charge in [0.1, 0.15) is 0 Å². The third-order valence-corrected chi connectivity index (χ3v) is 1.18. The molecule has 0 spiro atoms. The van der Waals surface area contributed by atoms with Gasteiger partial charge in [-0.2, -0.15) is 17.7 Å². The molecule has 0 fully saturated rings. The molecule has 0 amide bonds. The summed E-state index contributed by atoms with van der Waals surface area (Å²) >= 11 is 0. The van der Waals surface area contributed by atoms with E-state index in [1.807, 2.05) is 25.1 Å². The molecule has 0 atom stereocenters. The van der Waals surface area contributed by atoms with E-state index in [1.165, 1.54) is 0 Å². The van der Waals surface area contributed by atoms with Crippen molar-refractivity contribution in [3.05, 3.63) is 29.8 Å². The van der Waals surface area contributed by atoms with Crippen LogP contribution in [0.15, 0.2) is 18.2 Å². The zero-order valence-electron chi connectivity index (χ0n) is 6.73. The predicted molar refractivity (Wildman–Crippen MR) is 42.3 cm³/mol.